The normalized spacial score (nSPS) is 16.0. The van der Waals surface area contributed by atoms with Crippen LogP contribution in [0.25, 0.3) is 0 Å². The Kier molecular flexibility index (Phi) is 6.89. The van der Waals surface area contributed by atoms with Crippen LogP contribution in [0.1, 0.15) is 44.6 Å². The highest BCUT2D eigenvalue weighted by Gasteiger charge is 2.21. The molecule has 1 aliphatic carbocycles. The number of nitrogens with zero attached hydrogens (tertiary/aromatic N) is 2. The van der Waals surface area contributed by atoms with Gasteiger partial charge in [0.15, 0.2) is 4.77 Å². The van der Waals surface area contributed by atoms with Crippen molar-refractivity contribution in [2.24, 2.45) is 11.0 Å². The maximum absolute atomic E-state index is 12.2. The lowest BCUT2D eigenvalue weighted by Crippen LogP contribution is -2.30. The molecule has 0 unspecified atom stereocenters. The number of amides is 1. The summed E-state index contributed by atoms with van der Waals surface area (Å²) >= 11 is 5.06. The number of aromatic hydroxyl groups is 1. The Morgan fingerprint density at radius 3 is 2.76 bits per heavy atom. The minimum atomic E-state index is -0.552. The maximum Gasteiger partial charge on any atom is 0.264 e. The summed E-state index contributed by atoms with van der Waals surface area (Å²) in [7, 11) is 1.53. The highest BCUT2D eigenvalue weighted by atomic mass is 32.1. The van der Waals surface area contributed by atoms with Crippen molar-refractivity contribution in [3.05, 3.63) is 20.7 Å². The van der Waals surface area contributed by atoms with E-state index in [1.165, 1.54) is 11.7 Å². The third-order valence-electron chi connectivity index (χ3n) is 4.36. The lowest BCUT2D eigenvalue weighted by molar-refractivity contribution is -0.125. The van der Waals surface area contributed by atoms with Crippen molar-refractivity contribution in [3.63, 3.8) is 0 Å². The van der Waals surface area contributed by atoms with E-state index in [0.717, 1.165) is 32.1 Å². The zero-order chi connectivity index (χ0) is 18.4. The largest absolute Gasteiger partial charge is 0.494 e. The average Bonchev–Trinajstić information content (AvgIpc) is 2.60. The van der Waals surface area contributed by atoms with Crippen LogP contribution in [0, 0.1) is 10.7 Å². The van der Waals surface area contributed by atoms with Gasteiger partial charge in [-0.05, 0) is 32.0 Å². The maximum atomic E-state index is 12.2. The summed E-state index contributed by atoms with van der Waals surface area (Å²) in [6.45, 7) is 2.16. The van der Waals surface area contributed by atoms with Crippen LogP contribution in [0.2, 0.25) is 0 Å². The van der Waals surface area contributed by atoms with E-state index in [0.29, 0.717) is 6.61 Å². The van der Waals surface area contributed by atoms with E-state index >= 15 is 0 Å². The predicted molar refractivity (Wildman–Crippen MR) is 96.4 cm³/mol. The SMILES string of the molecule is COCCn1c(O)c(/C(C)=N\NC(=O)C2CCCCC2)c(=O)[nH]c1=S. The van der Waals surface area contributed by atoms with E-state index in [1.54, 1.807) is 6.92 Å². The first-order valence-corrected chi connectivity index (χ1v) is 8.76. The minimum Gasteiger partial charge on any atom is -0.494 e. The molecule has 0 bridgehead atoms. The first kappa shape index (κ1) is 19.3. The molecule has 1 amide bonds. The van der Waals surface area contributed by atoms with Crippen LogP contribution < -0.4 is 11.0 Å². The Morgan fingerprint density at radius 2 is 2.12 bits per heavy atom. The van der Waals surface area contributed by atoms with Gasteiger partial charge in [-0.2, -0.15) is 5.10 Å². The van der Waals surface area contributed by atoms with Gasteiger partial charge in [0.05, 0.1) is 18.9 Å². The van der Waals surface area contributed by atoms with E-state index in [-0.39, 0.29) is 40.3 Å². The van der Waals surface area contributed by atoms with E-state index < -0.39 is 5.56 Å². The minimum absolute atomic E-state index is 0.0198. The molecule has 25 heavy (non-hydrogen) atoms. The fourth-order valence-corrected chi connectivity index (χ4v) is 3.20. The van der Waals surface area contributed by atoms with Crippen molar-refractivity contribution in [2.45, 2.75) is 45.6 Å². The summed E-state index contributed by atoms with van der Waals surface area (Å²) in [4.78, 5) is 26.8. The van der Waals surface area contributed by atoms with E-state index in [9.17, 15) is 14.7 Å². The number of hydrogen-bond acceptors (Lipinski definition) is 6. The topological polar surface area (TPSA) is 109 Å². The van der Waals surface area contributed by atoms with Gasteiger partial charge in [0.2, 0.25) is 11.8 Å². The standard InChI is InChI=1S/C16H24N4O4S/c1-10(18-19-13(21)11-6-4-3-5-7-11)12-14(22)17-16(25)20(15(12)23)8-9-24-2/h11,23H,3-9H2,1-2H3,(H,19,21)(H,17,22,25)/b18-10-. The van der Waals surface area contributed by atoms with Gasteiger partial charge in [-0.3, -0.25) is 19.1 Å². The molecule has 9 heteroatoms. The number of H-pyrrole nitrogens is 1. The Morgan fingerprint density at radius 1 is 1.44 bits per heavy atom. The number of aromatic nitrogens is 2. The van der Waals surface area contributed by atoms with E-state index in [2.05, 4.69) is 15.5 Å². The molecule has 1 saturated carbocycles. The van der Waals surface area contributed by atoms with Crippen LogP contribution in [0.3, 0.4) is 0 Å². The zero-order valence-corrected chi connectivity index (χ0v) is 15.3. The Bertz CT molecular complexity index is 762. The quantitative estimate of drug-likeness (QED) is 0.402. The molecule has 1 heterocycles. The molecule has 1 fully saturated rings. The number of aromatic amines is 1. The summed E-state index contributed by atoms with van der Waals surface area (Å²) in [6.07, 6.45) is 4.95. The molecule has 0 aromatic carbocycles. The number of carbonyl (C=O) groups is 1. The molecule has 0 aliphatic heterocycles. The van der Waals surface area contributed by atoms with Crippen LogP contribution in [-0.2, 0) is 16.1 Å². The molecule has 0 spiro atoms. The second-order valence-electron chi connectivity index (χ2n) is 6.11. The third kappa shape index (κ3) is 4.76. The molecule has 1 aromatic heterocycles. The van der Waals surface area contributed by atoms with Crippen LogP contribution >= 0.6 is 12.2 Å². The Labute approximate surface area is 150 Å². The van der Waals surface area contributed by atoms with Gasteiger partial charge < -0.3 is 9.84 Å². The molecule has 1 aromatic rings. The number of rotatable bonds is 6. The second kappa shape index (κ2) is 8.91. The lowest BCUT2D eigenvalue weighted by Gasteiger charge is -2.19. The fraction of sp³-hybridized carbons (Fsp3) is 0.625. The number of carbonyl (C=O) groups excluding carboxylic acids is 1. The zero-order valence-electron chi connectivity index (χ0n) is 14.5. The van der Waals surface area contributed by atoms with Gasteiger partial charge in [-0.1, -0.05) is 19.3 Å². The summed E-state index contributed by atoms with van der Waals surface area (Å²) in [6, 6.07) is 0. The van der Waals surface area contributed by atoms with E-state index in [4.69, 9.17) is 17.0 Å². The Hall–Kier alpha value is -2.00. The lowest BCUT2D eigenvalue weighted by atomic mass is 9.89. The number of nitrogens with one attached hydrogen (secondary N) is 2. The predicted octanol–water partition coefficient (Wildman–Crippen LogP) is 1.68. The van der Waals surface area contributed by atoms with Crippen molar-refractivity contribution in [3.8, 4) is 5.88 Å². The van der Waals surface area contributed by atoms with Gasteiger partial charge in [-0.15, -0.1) is 0 Å². The molecular formula is C16H24N4O4S. The average molecular weight is 368 g/mol. The highest BCUT2D eigenvalue weighted by molar-refractivity contribution is 7.71. The van der Waals surface area contributed by atoms with Crippen LogP contribution in [0.4, 0.5) is 0 Å². The second-order valence-corrected chi connectivity index (χ2v) is 6.50. The van der Waals surface area contributed by atoms with Gasteiger partial charge in [-0.25, -0.2) is 5.43 Å². The van der Waals surface area contributed by atoms with Gasteiger partial charge in [0, 0.05) is 13.0 Å². The van der Waals surface area contributed by atoms with Gasteiger partial charge in [0.1, 0.15) is 5.56 Å². The summed E-state index contributed by atoms with van der Waals surface area (Å²) in [5, 5.41) is 14.4. The molecule has 0 atom stereocenters. The molecule has 1 aliphatic rings. The molecule has 0 saturated heterocycles. The molecule has 2 rings (SSSR count). The van der Waals surface area contributed by atoms with E-state index in [1.807, 2.05) is 0 Å². The van der Waals surface area contributed by atoms with Crippen molar-refractivity contribution >= 4 is 23.8 Å². The van der Waals surface area contributed by atoms with Crippen molar-refractivity contribution in [1.29, 1.82) is 0 Å². The summed E-state index contributed by atoms with van der Waals surface area (Å²) < 4.78 is 6.43. The molecule has 138 valence electrons. The van der Waals surface area contributed by atoms with Crippen molar-refractivity contribution in [1.82, 2.24) is 15.0 Å². The molecule has 8 nitrogen and oxygen atoms in total. The summed E-state index contributed by atoms with van der Waals surface area (Å²) in [5.74, 6) is -0.486. The van der Waals surface area contributed by atoms with Crippen molar-refractivity contribution in [2.75, 3.05) is 13.7 Å². The van der Waals surface area contributed by atoms with Crippen LogP contribution in [0.5, 0.6) is 5.88 Å². The number of methoxy groups -OCH3 is 1. The third-order valence-corrected chi connectivity index (χ3v) is 4.68. The smallest absolute Gasteiger partial charge is 0.264 e. The van der Waals surface area contributed by atoms with Crippen molar-refractivity contribution < 1.29 is 14.6 Å². The first-order chi connectivity index (χ1) is 12.0. The summed E-state index contributed by atoms with van der Waals surface area (Å²) in [5.41, 5.74) is 2.15. The van der Waals surface area contributed by atoms with Gasteiger partial charge >= 0.3 is 0 Å². The Balaban J connectivity index is 2.22. The first-order valence-electron chi connectivity index (χ1n) is 8.35. The number of hydrogen-bond donors (Lipinski definition) is 3. The number of hydrazone groups is 1. The monoisotopic (exact) mass is 368 g/mol. The van der Waals surface area contributed by atoms with Crippen LogP contribution in [0.15, 0.2) is 9.90 Å². The molecular weight excluding hydrogens is 344 g/mol. The highest BCUT2D eigenvalue weighted by Crippen LogP contribution is 2.23. The fourth-order valence-electron chi connectivity index (χ4n) is 2.93. The molecule has 3 N–H and O–H groups in total. The number of ether oxygens (including phenoxy) is 1. The molecule has 0 radical (unpaired) electrons. The van der Waals surface area contributed by atoms with Gasteiger partial charge in [0.25, 0.3) is 5.56 Å². The van der Waals surface area contributed by atoms with Crippen LogP contribution in [-0.4, -0.2) is 40.0 Å².